The van der Waals surface area contributed by atoms with E-state index in [1.54, 1.807) is 31.3 Å². The average Bonchev–Trinajstić information content (AvgIpc) is 3.03. The molecule has 0 N–H and O–H groups in total. The molecule has 5 nitrogen and oxygen atoms in total. The zero-order valence-electron chi connectivity index (χ0n) is 12.6. The minimum absolute atomic E-state index is 0.0846. The van der Waals surface area contributed by atoms with E-state index in [0.29, 0.717) is 5.58 Å². The van der Waals surface area contributed by atoms with Crippen LogP contribution in [0.1, 0.15) is 10.6 Å². The van der Waals surface area contributed by atoms with Crippen LogP contribution in [0.2, 0.25) is 0 Å². The van der Waals surface area contributed by atoms with Gasteiger partial charge in [-0.25, -0.2) is 4.79 Å². The number of benzene rings is 2. The van der Waals surface area contributed by atoms with Crippen molar-refractivity contribution in [2.24, 2.45) is 0 Å². The third kappa shape index (κ3) is 3.23. The Bertz CT molecular complexity index is 805. The molecule has 3 rings (SSSR count). The summed E-state index contributed by atoms with van der Waals surface area (Å²) in [6.07, 6.45) is 0. The number of para-hydroxylation sites is 2. The Morgan fingerprint density at radius 3 is 2.48 bits per heavy atom. The fraction of sp³-hybridized carbons (Fsp3) is 0.111. The number of rotatable bonds is 4. The maximum Gasteiger partial charge on any atom is 0.374 e. The van der Waals surface area contributed by atoms with Gasteiger partial charge >= 0.3 is 5.97 Å². The number of amides is 1. The minimum atomic E-state index is -0.656. The lowest BCUT2D eigenvalue weighted by Crippen LogP contribution is -2.31. The van der Waals surface area contributed by atoms with E-state index in [2.05, 4.69) is 0 Å². The highest BCUT2D eigenvalue weighted by molar-refractivity contribution is 5.97. The molecule has 1 aromatic heterocycles. The van der Waals surface area contributed by atoms with Crippen LogP contribution in [0.25, 0.3) is 11.0 Å². The number of furan rings is 1. The molecule has 0 atom stereocenters. The number of anilines is 1. The fourth-order valence-electron chi connectivity index (χ4n) is 2.17. The summed E-state index contributed by atoms with van der Waals surface area (Å²) in [6, 6.07) is 18.0. The molecule has 23 heavy (non-hydrogen) atoms. The van der Waals surface area contributed by atoms with Gasteiger partial charge in [0, 0.05) is 18.1 Å². The van der Waals surface area contributed by atoms with Gasteiger partial charge in [0.1, 0.15) is 5.58 Å². The first-order chi connectivity index (χ1) is 11.1. The fourth-order valence-corrected chi connectivity index (χ4v) is 2.17. The zero-order chi connectivity index (χ0) is 16.2. The lowest BCUT2D eigenvalue weighted by atomic mass is 10.2. The molecule has 0 saturated carbocycles. The van der Waals surface area contributed by atoms with E-state index in [9.17, 15) is 9.59 Å². The van der Waals surface area contributed by atoms with E-state index in [1.807, 2.05) is 36.4 Å². The van der Waals surface area contributed by atoms with Crippen molar-refractivity contribution in [3.05, 3.63) is 66.4 Å². The van der Waals surface area contributed by atoms with Crippen molar-refractivity contribution >= 4 is 28.5 Å². The molecular weight excluding hydrogens is 294 g/mol. The van der Waals surface area contributed by atoms with E-state index >= 15 is 0 Å². The molecule has 0 radical (unpaired) electrons. The highest BCUT2D eigenvalue weighted by Gasteiger charge is 2.17. The van der Waals surface area contributed by atoms with Gasteiger partial charge in [0.25, 0.3) is 5.91 Å². The Kier molecular flexibility index (Phi) is 4.10. The Balaban J connectivity index is 1.63. The van der Waals surface area contributed by atoms with Crippen LogP contribution in [0.15, 0.2) is 65.1 Å². The van der Waals surface area contributed by atoms with Gasteiger partial charge < -0.3 is 14.1 Å². The molecular formula is C18H15NO4. The van der Waals surface area contributed by atoms with Gasteiger partial charge in [-0.1, -0.05) is 36.4 Å². The van der Waals surface area contributed by atoms with E-state index < -0.39 is 5.97 Å². The number of hydrogen-bond acceptors (Lipinski definition) is 4. The number of carbonyl (C=O) groups is 2. The summed E-state index contributed by atoms with van der Waals surface area (Å²) in [5, 5.41) is 0.812. The van der Waals surface area contributed by atoms with Crippen LogP contribution < -0.4 is 4.90 Å². The molecule has 0 fully saturated rings. The highest BCUT2D eigenvalue weighted by Crippen LogP contribution is 2.19. The van der Waals surface area contributed by atoms with Gasteiger partial charge in [-0.3, -0.25) is 4.79 Å². The van der Waals surface area contributed by atoms with E-state index in [4.69, 9.17) is 9.15 Å². The largest absolute Gasteiger partial charge is 0.450 e. The first-order valence-corrected chi connectivity index (χ1v) is 7.12. The van der Waals surface area contributed by atoms with Gasteiger partial charge in [-0.15, -0.1) is 0 Å². The van der Waals surface area contributed by atoms with Gasteiger partial charge in [0.05, 0.1) is 0 Å². The van der Waals surface area contributed by atoms with E-state index in [0.717, 1.165) is 11.1 Å². The van der Waals surface area contributed by atoms with Crippen molar-refractivity contribution < 1.29 is 18.7 Å². The van der Waals surface area contributed by atoms with Crippen LogP contribution >= 0.6 is 0 Å². The maximum absolute atomic E-state index is 12.1. The molecule has 0 unspecified atom stereocenters. The summed E-state index contributed by atoms with van der Waals surface area (Å²) >= 11 is 0. The molecule has 0 aliphatic carbocycles. The van der Waals surface area contributed by atoms with Crippen molar-refractivity contribution in [3.63, 3.8) is 0 Å². The number of ether oxygens (including phenoxy) is 1. The van der Waals surface area contributed by atoms with Crippen LogP contribution in [-0.4, -0.2) is 25.5 Å². The lowest BCUT2D eigenvalue weighted by Gasteiger charge is -2.16. The predicted molar refractivity (Wildman–Crippen MR) is 86.3 cm³/mol. The Morgan fingerprint density at radius 2 is 1.74 bits per heavy atom. The van der Waals surface area contributed by atoms with Crippen molar-refractivity contribution in [1.82, 2.24) is 0 Å². The van der Waals surface area contributed by atoms with Gasteiger partial charge in [0.15, 0.2) is 6.61 Å². The van der Waals surface area contributed by atoms with Crippen molar-refractivity contribution in [3.8, 4) is 0 Å². The quantitative estimate of drug-likeness (QED) is 0.694. The van der Waals surface area contributed by atoms with E-state index in [-0.39, 0.29) is 18.3 Å². The Labute approximate surface area is 133 Å². The molecule has 3 aromatic rings. The van der Waals surface area contributed by atoms with Crippen LogP contribution in [-0.2, 0) is 9.53 Å². The molecule has 0 spiro atoms. The second kappa shape index (κ2) is 6.36. The summed E-state index contributed by atoms with van der Waals surface area (Å²) < 4.78 is 10.4. The molecule has 5 heteroatoms. The lowest BCUT2D eigenvalue weighted by molar-refractivity contribution is -0.121. The maximum atomic E-state index is 12.1. The summed E-state index contributed by atoms with van der Waals surface area (Å²) in [7, 11) is 1.63. The number of nitrogens with zero attached hydrogens (tertiary/aromatic N) is 1. The van der Waals surface area contributed by atoms with Gasteiger partial charge in [-0.2, -0.15) is 0 Å². The molecule has 0 aliphatic rings. The molecule has 1 amide bonds. The molecule has 0 bridgehead atoms. The molecule has 1 heterocycles. The van der Waals surface area contributed by atoms with Gasteiger partial charge in [-0.05, 0) is 24.3 Å². The van der Waals surface area contributed by atoms with Crippen LogP contribution in [0.4, 0.5) is 5.69 Å². The Morgan fingerprint density at radius 1 is 1.04 bits per heavy atom. The molecule has 0 saturated heterocycles. The normalized spacial score (nSPS) is 10.5. The van der Waals surface area contributed by atoms with Crippen molar-refractivity contribution in [1.29, 1.82) is 0 Å². The molecule has 2 aromatic carbocycles. The third-order valence-electron chi connectivity index (χ3n) is 3.47. The number of esters is 1. The first kappa shape index (κ1) is 14.8. The smallest absolute Gasteiger partial charge is 0.374 e. The number of likely N-dealkylation sites (N-methyl/N-ethyl adjacent to an activating group) is 1. The SMILES string of the molecule is CN(C(=O)COC(=O)c1cc2ccccc2o1)c1ccccc1. The number of hydrogen-bond donors (Lipinski definition) is 0. The Hall–Kier alpha value is -3.08. The summed E-state index contributed by atoms with van der Waals surface area (Å²) in [5.41, 5.74) is 1.34. The zero-order valence-corrected chi connectivity index (χ0v) is 12.6. The monoisotopic (exact) mass is 309 g/mol. The second-order valence-corrected chi connectivity index (χ2v) is 5.01. The first-order valence-electron chi connectivity index (χ1n) is 7.12. The van der Waals surface area contributed by atoms with Crippen LogP contribution in [0.5, 0.6) is 0 Å². The number of carbonyl (C=O) groups excluding carboxylic acids is 2. The van der Waals surface area contributed by atoms with Crippen molar-refractivity contribution in [2.75, 3.05) is 18.6 Å². The summed E-state index contributed by atoms with van der Waals surface area (Å²) in [4.78, 5) is 25.5. The summed E-state index contributed by atoms with van der Waals surface area (Å²) in [6.45, 7) is -0.346. The third-order valence-corrected chi connectivity index (χ3v) is 3.47. The summed E-state index contributed by atoms with van der Waals surface area (Å²) in [5.74, 6) is -0.891. The number of fused-ring (bicyclic) bond motifs is 1. The molecule has 116 valence electrons. The second-order valence-electron chi connectivity index (χ2n) is 5.01. The average molecular weight is 309 g/mol. The highest BCUT2D eigenvalue weighted by atomic mass is 16.5. The van der Waals surface area contributed by atoms with Crippen LogP contribution in [0.3, 0.4) is 0 Å². The van der Waals surface area contributed by atoms with Crippen molar-refractivity contribution in [2.45, 2.75) is 0 Å². The predicted octanol–water partition coefficient (Wildman–Crippen LogP) is 3.25. The topological polar surface area (TPSA) is 59.8 Å². The van der Waals surface area contributed by atoms with E-state index in [1.165, 1.54) is 4.90 Å². The standard InChI is InChI=1S/C18H15NO4/c1-19(14-8-3-2-4-9-14)17(20)12-22-18(21)16-11-13-7-5-6-10-15(13)23-16/h2-11H,12H2,1H3. The van der Waals surface area contributed by atoms with Crippen LogP contribution in [0, 0.1) is 0 Å². The molecule has 0 aliphatic heterocycles. The van der Waals surface area contributed by atoms with Gasteiger partial charge in [0.2, 0.25) is 5.76 Å². The minimum Gasteiger partial charge on any atom is -0.450 e.